The van der Waals surface area contributed by atoms with Crippen LogP contribution in [0.5, 0.6) is 0 Å². The molecule has 0 aliphatic heterocycles. The molecule has 0 saturated heterocycles. The molecule has 0 aliphatic rings. The summed E-state index contributed by atoms with van der Waals surface area (Å²) in [5.41, 5.74) is 3.65. The number of hydrogen-bond donors (Lipinski definition) is 0. The highest BCUT2D eigenvalue weighted by molar-refractivity contribution is 7.26. The molecule has 8 aromatic carbocycles. The van der Waals surface area contributed by atoms with E-state index in [1.165, 1.54) is 0 Å². The first-order chi connectivity index (χ1) is 28.3. The number of benzene rings is 8. The molecule has 0 spiro atoms. The second kappa shape index (κ2) is 12.0. The zero-order valence-corrected chi connectivity index (χ0v) is 31.9. The Kier molecular flexibility index (Phi) is 6.94. The molecule has 0 saturated carbocycles. The van der Waals surface area contributed by atoms with Crippen LogP contribution >= 0.6 is 22.7 Å². The van der Waals surface area contributed by atoms with E-state index >= 15 is 17.6 Å². The van der Waals surface area contributed by atoms with Crippen molar-refractivity contribution in [2.75, 3.05) is 0 Å². The number of rotatable bonds is 3. The van der Waals surface area contributed by atoms with Crippen LogP contribution in [0, 0.1) is 36.0 Å². The minimum atomic E-state index is -2.20. The first-order valence-electron chi connectivity index (χ1n) is 18.6. The Hall–Kier alpha value is -6.55. The van der Waals surface area contributed by atoms with E-state index < -0.39 is 34.6 Å². The molecule has 0 bridgehead atoms. The van der Waals surface area contributed by atoms with Gasteiger partial charge in [0.05, 0.1) is 33.3 Å². The summed E-state index contributed by atoms with van der Waals surface area (Å²) in [6.45, 7) is 1.93. The van der Waals surface area contributed by atoms with Gasteiger partial charge in [-0.1, -0.05) is 84.9 Å². The largest absolute Gasteiger partial charge is 0.308 e. The van der Waals surface area contributed by atoms with Crippen molar-refractivity contribution in [3.05, 3.63) is 168 Å². The Morgan fingerprint density at radius 1 is 0.397 bits per heavy atom. The van der Waals surface area contributed by atoms with Crippen LogP contribution in [0.2, 0.25) is 0 Å². The molecule has 0 radical (unpaired) electrons. The number of halogens is 5. The Morgan fingerprint density at radius 3 is 1.34 bits per heavy atom. The highest BCUT2D eigenvalue weighted by Crippen LogP contribution is 2.48. The summed E-state index contributed by atoms with van der Waals surface area (Å²) in [4.78, 5) is 0. The molecule has 0 atom stereocenters. The van der Waals surface area contributed by atoms with Crippen LogP contribution in [0.4, 0.5) is 22.0 Å². The summed E-state index contributed by atoms with van der Waals surface area (Å²) in [6.07, 6.45) is 0. The number of fused-ring (bicyclic) bond motifs is 14. The fourth-order valence-electron chi connectivity index (χ4n) is 9.18. The molecule has 0 N–H and O–H groups in total. The summed E-state index contributed by atoms with van der Waals surface area (Å²) >= 11 is 3.31. The fourth-order valence-corrected chi connectivity index (χ4v) is 11.4. The molecular formula is C49H25F5N2S2. The monoisotopic (exact) mass is 800 g/mol. The first kappa shape index (κ1) is 33.6. The van der Waals surface area contributed by atoms with Gasteiger partial charge in [0, 0.05) is 73.1 Å². The lowest BCUT2D eigenvalue weighted by atomic mass is 9.97. The van der Waals surface area contributed by atoms with Gasteiger partial charge in [-0.05, 0) is 61.0 Å². The van der Waals surface area contributed by atoms with Crippen molar-refractivity contribution < 1.29 is 22.0 Å². The van der Waals surface area contributed by atoms with E-state index in [0.29, 0.717) is 5.69 Å². The third-order valence-electron chi connectivity index (χ3n) is 11.6. The number of thiophene rings is 2. The van der Waals surface area contributed by atoms with Gasteiger partial charge in [0.1, 0.15) is 0 Å². The Labute approximate surface area is 333 Å². The molecule has 0 amide bonds. The van der Waals surface area contributed by atoms with Crippen molar-refractivity contribution in [2.24, 2.45) is 0 Å². The lowest BCUT2D eigenvalue weighted by Crippen LogP contribution is -2.08. The third-order valence-corrected chi connectivity index (χ3v) is 13.9. The molecule has 4 aromatic heterocycles. The van der Waals surface area contributed by atoms with Gasteiger partial charge in [-0.2, -0.15) is 0 Å². The highest BCUT2D eigenvalue weighted by atomic mass is 32.1. The van der Waals surface area contributed by atoms with Crippen LogP contribution < -0.4 is 0 Å². The van der Waals surface area contributed by atoms with E-state index in [9.17, 15) is 4.39 Å². The lowest BCUT2D eigenvalue weighted by Gasteiger charge is -2.21. The van der Waals surface area contributed by atoms with Crippen LogP contribution in [0.3, 0.4) is 0 Å². The molecule has 12 aromatic rings. The third kappa shape index (κ3) is 4.34. The van der Waals surface area contributed by atoms with Gasteiger partial charge in [-0.15, -0.1) is 22.7 Å². The maximum atomic E-state index is 16.4. The molecule has 4 heterocycles. The van der Waals surface area contributed by atoms with Crippen LogP contribution in [0.15, 0.2) is 133 Å². The highest BCUT2D eigenvalue weighted by Gasteiger charge is 2.31. The van der Waals surface area contributed by atoms with E-state index in [0.717, 1.165) is 89.5 Å². The summed E-state index contributed by atoms with van der Waals surface area (Å²) < 4.78 is 86.7. The average Bonchev–Trinajstić information content (AvgIpc) is 4.00. The van der Waals surface area contributed by atoms with Gasteiger partial charge >= 0.3 is 0 Å². The van der Waals surface area contributed by atoms with Crippen LogP contribution in [0.1, 0.15) is 5.56 Å². The second-order valence-electron chi connectivity index (χ2n) is 14.7. The Bertz CT molecular complexity index is 3750. The summed E-state index contributed by atoms with van der Waals surface area (Å²) in [7, 11) is 0. The van der Waals surface area contributed by atoms with Crippen LogP contribution in [0.25, 0.3) is 106 Å². The fraction of sp³-hybridized carbons (Fsp3) is 0.0204. The Morgan fingerprint density at radius 2 is 0.828 bits per heavy atom. The SMILES string of the molecule is Cc1cc(-n2c3ccccc3c3ccc4sc5ccccc5c4c32)c(-c2c(F)c(F)c(F)c(F)c2F)cc1-n1c2ccccc2c2ccc3sc4ccccc4c3c21. The summed E-state index contributed by atoms with van der Waals surface area (Å²) in [6, 6.07) is 43.7. The zero-order valence-electron chi connectivity index (χ0n) is 30.3. The van der Waals surface area contributed by atoms with E-state index in [4.69, 9.17) is 0 Å². The quantitative estimate of drug-likeness (QED) is 0.0957. The van der Waals surface area contributed by atoms with Gasteiger partial charge in [-0.25, -0.2) is 22.0 Å². The van der Waals surface area contributed by atoms with E-state index in [1.807, 2.05) is 102 Å². The first-order valence-corrected chi connectivity index (χ1v) is 20.3. The van der Waals surface area contributed by atoms with Gasteiger partial charge < -0.3 is 9.13 Å². The predicted octanol–water partition coefficient (Wildman–Crippen LogP) is 15.3. The van der Waals surface area contributed by atoms with E-state index in [-0.39, 0.29) is 11.3 Å². The Balaban J connectivity index is 1.30. The van der Waals surface area contributed by atoms with Crippen molar-refractivity contribution in [2.45, 2.75) is 6.92 Å². The predicted molar refractivity (Wildman–Crippen MR) is 231 cm³/mol. The van der Waals surface area contributed by atoms with Crippen molar-refractivity contribution in [3.8, 4) is 22.5 Å². The van der Waals surface area contributed by atoms with Gasteiger partial charge in [-0.3, -0.25) is 0 Å². The number of nitrogens with zero attached hydrogens (tertiary/aromatic N) is 2. The molecule has 0 aliphatic carbocycles. The number of aryl methyl sites for hydroxylation is 1. The summed E-state index contributed by atoms with van der Waals surface area (Å²) in [5.74, 6) is -10.00. The maximum Gasteiger partial charge on any atom is 0.200 e. The maximum absolute atomic E-state index is 16.4. The molecule has 12 rings (SSSR count). The van der Waals surface area contributed by atoms with Gasteiger partial charge in [0.15, 0.2) is 23.3 Å². The van der Waals surface area contributed by atoms with Gasteiger partial charge in [0.25, 0.3) is 0 Å². The normalized spacial score (nSPS) is 12.3. The topological polar surface area (TPSA) is 9.86 Å². The zero-order chi connectivity index (χ0) is 39.1. The molecule has 278 valence electrons. The smallest absolute Gasteiger partial charge is 0.200 e. The molecule has 9 heteroatoms. The number of para-hydroxylation sites is 2. The summed E-state index contributed by atoms with van der Waals surface area (Å²) in [5, 5.41) is 7.73. The molecule has 2 nitrogen and oxygen atoms in total. The minimum Gasteiger partial charge on any atom is -0.308 e. The molecule has 0 unspecified atom stereocenters. The van der Waals surface area contributed by atoms with Gasteiger partial charge in [0.2, 0.25) is 5.82 Å². The minimum absolute atomic E-state index is 0.138. The van der Waals surface area contributed by atoms with Crippen LogP contribution in [-0.2, 0) is 0 Å². The standard InChI is InChI=1S/C49H25F5N2S2/c1-24-22-35(56-33-15-7-3-11-26(33)28-19-21-39-41(49(28)56)30-13-5-9-17-37(30)58-39)31(42-43(50)45(52)47(54)46(53)44(42)51)23-34(24)55-32-14-6-2-10-25(32)27-18-20-38-40(48(27)55)29-12-4-8-16-36(29)57-38/h2-23H,1H3. The second-order valence-corrected chi connectivity index (χ2v) is 16.8. The van der Waals surface area contributed by atoms with E-state index in [1.54, 1.807) is 28.7 Å². The molecular weight excluding hydrogens is 776 g/mol. The van der Waals surface area contributed by atoms with Crippen molar-refractivity contribution >= 4 is 107 Å². The number of aromatic nitrogens is 2. The van der Waals surface area contributed by atoms with Crippen molar-refractivity contribution in [1.29, 1.82) is 0 Å². The average molecular weight is 801 g/mol. The lowest BCUT2D eigenvalue weighted by molar-refractivity contribution is 0.381. The van der Waals surface area contributed by atoms with Crippen molar-refractivity contribution in [1.82, 2.24) is 9.13 Å². The molecule has 0 fully saturated rings. The number of hydrogen-bond acceptors (Lipinski definition) is 2. The van der Waals surface area contributed by atoms with Crippen LogP contribution in [-0.4, -0.2) is 9.13 Å². The molecule has 58 heavy (non-hydrogen) atoms. The van der Waals surface area contributed by atoms with E-state index in [2.05, 4.69) is 41.0 Å². The van der Waals surface area contributed by atoms with Crippen molar-refractivity contribution in [3.63, 3.8) is 0 Å².